The van der Waals surface area contributed by atoms with Gasteiger partial charge in [0, 0.05) is 25.6 Å². The van der Waals surface area contributed by atoms with Crippen molar-refractivity contribution < 1.29 is 0 Å². The molecule has 1 aromatic rings. The average Bonchev–Trinajstić information content (AvgIpc) is 2.14. The van der Waals surface area contributed by atoms with Crippen molar-refractivity contribution in [3.05, 3.63) is 36.9 Å². The SMILES string of the molecule is [CH2]N1CCCC#Cc2ccccc21. The van der Waals surface area contributed by atoms with Crippen LogP contribution in [0.2, 0.25) is 0 Å². The summed E-state index contributed by atoms with van der Waals surface area (Å²) in [6.07, 6.45) is 2.07. The van der Waals surface area contributed by atoms with Crippen molar-refractivity contribution in [2.24, 2.45) is 0 Å². The zero-order valence-electron chi connectivity index (χ0n) is 7.59. The van der Waals surface area contributed by atoms with Gasteiger partial charge in [-0.2, -0.15) is 0 Å². The minimum absolute atomic E-state index is 0.973. The molecule has 1 nitrogen and oxygen atoms in total. The number of benzene rings is 1. The highest BCUT2D eigenvalue weighted by molar-refractivity contribution is 5.61. The Kier molecular flexibility index (Phi) is 2.23. The third-order valence-corrected chi connectivity index (χ3v) is 2.20. The second kappa shape index (κ2) is 3.53. The highest BCUT2D eigenvalue weighted by Gasteiger charge is 2.05. The Morgan fingerprint density at radius 1 is 1.31 bits per heavy atom. The van der Waals surface area contributed by atoms with Gasteiger partial charge in [0.2, 0.25) is 0 Å². The number of para-hydroxylation sites is 1. The summed E-state index contributed by atoms with van der Waals surface area (Å²) in [5, 5.41) is 0. The van der Waals surface area contributed by atoms with Gasteiger partial charge in [-0.05, 0) is 18.6 Å². The normalized spacial score (nSPS) is 15.0. The van der Waals surface area contributed by atoms with Gasteiger partial charge in [-0.25, -0.2) is 0 Å². The molecule has 0 unspecified atom stereocenters. The van der Waals surface area contributed by atoms with Crippen molar-refractivity contribution >= 4 is 5.69 Å². The second-order valence-electron chi connectivity index (χ2n) is 3.19. The van der Waals surface area contributed by atoms with Gasteiger partial charge in [-0.3, -0.25) is 0 Å². The van der Waals surface area contributed by atoms with Gasteiger partial charge < -0.3 is 4.90 Å². The molecule has 1 heterocycles. The van der Waals surface area contributed by atoms with E-state index in [1.807, 2.05) is 23.1 Å². The van der Waals surface area contributed by atoms with Gasteiger partial charge in [0.05, 0.1) is 5.69 Å². The Morgan fingerprint density at radius 2 is 2.15 bits per heavy atom. The third kappa shape index (κ3) is 1.67. The monoisotopic (exact) mass is 170 g/mol. The zero-order chi connectivity index (χ0) is 9.10. The zero-order valence-corrected chi connectivity index (χ0v) is 7.59. The topological polar surface area (TPSA) is 3.24 Å². The highest BCUT2D eigenvalue weighted by atomic mass is 15.1. The number of rotatable bonds is 0. The number of hydrogen-bond donors (Lipinski definition) is 0. The van der Waals surface area contributed by atoms with Crippen molar-refractivity contribution in [3.63, 3.8) is 0 Å². The summed E-state index contributed by atoms with van der Waals surface area (Å²) in [6.45, 7) is 0.992. The van der Waals surface area contributed by atoms with Crippen LogP contribution in [0, 0.1) is 18.9 Å². The van der Waals surface area contributed by atoms with E-state index in [1.165, 1.54) is 0 Å². The van der Waals surface area contributed by atoms with Gasteiger partial charge in [0.1, 0.15) is 0 Å². The van der Waals surface area contributed by atoms with Crippen molar-refractivity contribution in [1.82, 2.24) is 0 Å². The Labute approximate surface area is 79.4 Å². The number of anilines is 1. The summed E-state index contributed by atoms with van der Waals surface area (Å²) in [6, 6.07) is 8.16. The maximum absolute atomic E-state index is 4.01. The van der Waals surface area contributed by atoms with E-state index in [0.29, 0.717) is 0 Å². The van der Waals surface area contributed by atoms with Crippen LogP contribution in [0.4, 0.5) is 5.69 Å². The first-order chi connectivity index (χ1) is 6.38. The molecule has 0 N–H and O–H groups in total. The van der Waals surface area contributed by atoms with Gasteiger partial charge >= 0.3 is 0 Å². The van der Waals surface area contributed by atoms with Crippen molar-refractivity contribution in [1.29, 1.82) is 0 Å². The van der Waals surface area contributed by atoms with E-state index in [4.69, 9.17) is 0 Å². The lowest BCUT2D eigenvalue weighted by molar-refractivity contribution is 0.827. The molecule has 0 fully saturated rings. The van der Waals surface area contributed by atoms with Gasteiger partial charge in [-0.15, -0.1) is 0 Å². The summed E-state index contributed by atoms with van der Waals surface area (Å²) < 4.78 is 0. The van der Waals surface area contributed by atoms with Crippen molar-refractivity contribution in [2.45, 2.75) is 12.8 Å². The standard InChI is InChI=1S/C12H12N/c1-13-10-6-2-3-7-11-8-4-5-9-12(11)13/h4-5,8-9H,1-2,6,10H2. The number of fused-ring (bicyclic) bond motifs is 1. The third-order valence-electron chi connectivity index (χ3n) is 2.20. The van der Waals surface area contributed by atoms with Gasteiger partial charge in [0.25, 0.3) is 0 Å². The number of hydrogen-bond acceptors (Lipinski definition) is 1. The van der Waals surface area contributed by atoms with Crippen molar-refractivity contribution in [3.8, 4) is 11.8 Å². The average molecular weight is 170 g/mol. The lowest BCUT2D eigenvalue weighted by Crippen LogP contribution is -2.17. The molecule has 0 saturated heterocycles. The molecular weight excluding hydrogens is 158 g/mol. The molecule has 0 amide bonds. The molecular formula is C12H12N. The molecule has 0 bridgehead atoms. The van der Waals surface area contributed by atoms with Crippen LogP contribution in [-0.2, 0) is 0 Å². The molecule has 1 heteroatoms. The van der Waals surface area contributed by atoms with E-state index >= 15 is 0 Å². The molecule has 0 aromatic heterocycles. The van der Waals surface area contributed by atoms with E-state index < -0.39 is 0 Å². The summed E-state index contributed by atoms with van der Waals surface area (Å²) in [5.41, 5.74) is 2.24. The molecule has 0 atom stereocenters. The van der Waals surface area contributed by atoms with Crippen LogP contribution in [0.1, 0.15) is 18.4 Å². The summed E-state index contributed by atoms with van der Waals surface area (Å²) in [4.78, 5) is 2.03. The van der Waals surface area contributed by atoms with E-state index in [2.05, 4.69) is 25.0 Å². The summed E-state index contributed by atoms with van der Waals surface area (Å²) >= 11 is 0. The lowest BCUT2D eigenvalue weighted by atomic mass is 10.1. The minimum Gasteiger partial charge on any atom is -0.369 e. The maximum atomic E-state index is 4.01. The lowest BCUT2D eigenvalue weighted by Gasteiger charge is -2.20. The summed E-state index contributed by atoms with van der Waals surface area (Å²) in [7, 11) is 4.01. The second-order valence-corrected chi connectivity index (χ2v) is 3.19. The Hall–Kier alpha value is -1.42. The molecule has 1 aliphatic heterocycles. The molecule has 1 radical (unpaired) electrons. The number of nitrogens with zero attached hydrogens (tertiary/aromatic N) is 1. The largest absolute Gasteiger partial charge is 0.369 e. The Bertz CT molecular complexity index is 357. The van der Waals surface area contributed by atoms with E-state index in [0.717, 1.165) is 30.6 Å². The first kappa shape index (κ1) is 8.19. The predicted molar refractivity (Wildman–Crippen MR) is 55.3 cm³/mol. The fraction of sp³-hybridized carbons (Fsp3) is 0.250. The molecule has 2 rings (SSSR count). The van der Waals surface area contributed by atoms with Crippen LogP contribution in [0.25, 0.3) is 0 Å². The first-order valence-electron chi connectivity index (χ1n) is 4.54. The predicted octanol–water partition coefficient (Wildman–Crippen LogP) is 2.43. The Morgan fingerprint density at radius 3 is 3.08 bits per heavy atom. The molecule has 1 aromatic carbocycles. The van der Waals surface area contributed by atoms with Crippen molar-refractivity contribution in [2.75, 3.05) is 11.4 Å². The summed E-state index contributed by atoms with van der Waals surface area (Å²) in [5.74, 6) is 6.32. The molecule has 13 heavy (non-hydrogen) atoms. The molecule has 0 aliphatic carbocycles. The molecule has 0 saturated carbocycles. The van der Waals surface area contributed by atoms with E-state index in [-0.39, 0.29) is 0 Å². The molecule has 0 spiro atoms. The smallest absolute Gasteiger partial charge is 0.0525 e. The highest BCUT2D eigenvalue weighted by Crippen LogP contribution is 2.20. The van der Waals surface area contributed by atoms with E-state index in [9.17, 15) is 0 Å². The van der Waals surface area contributed by atoms with Crippen LogP contribution in [0.3, 0.4) is 0 Å². The maximum Gasteiger partial charge on any atom is 0.0525 e. The van der Waals surface area contributed by atoms with Crippen LogP contribution < -0.4 is 4.90 Å². The quantitative estimate of drug-likeness (QED) is 0.540. The minimum atomic E-state index is 0.973. The van der Waals surface area contributed by atoms with E-state index in [1.54, 1.807) is 0 Å². The fourth-order valence-corrected chi connectivity index (χ4v) is 1.49. The van der Waals surface area contributed by atoms with Gasteiger partial charge in [-0.1, -0.05) is 24.0 Å². The molecule has 65 valence electrons. The Balaban J connectivity index is 2.47. The van der Waals surface area contributed by atoms with Crippen LogP contribution in [0.15, 0.2) is 24.3 Å². The first-order valence-corrected chi connectivity index (χ1v) is 4.54. The fourth-order valence-electron chi connectivity index (χ4n) is 1.49. The van der Waals surface area contributed by atoms with Crippen LogP contribution >= 0.6 is 0 Å². The van der Waals surface area contributed by atoms with Crippen LogP contribution in [0.5, 0.6) is 0 Å². The van der Waals surface area contributed by atoms with Crippen LogP contribution in [-0.4, -0.2) is 6.54 Å². The molecule has 1 aliphatic rings. The van der Waals surface area contributed by atoms with Gasteiger partial charge in [0.15, 0.2) is 0 Å².